The molecular weight excluding hydrogens is 650 g/mol. The number of anilines is 2. The van der Waals surface area contributed by atoms with Crippen molar-refractivity contribution >= 4 is 47.2 Å². The number of aldehydes is 1. The topological polar surface area (TPSA) is 139 Å². The molecule has 5 rings (SSSR count). The summed E-state index contributed by atoms with van der Waals surface area (Å²) in [5.41, 5.74) is 4.39. The van der Waals surface area contributed by atoms with E-state index in [0.717, 1.165) is 49.8 Å². The van der Waals surface area contributed by atoms with Gasteiger partial charge in [0.25, 0.3) is 0 Å². The van der Waals surface area contributed by atoms with Crippen molar-refractivity contribution in [3.8, 4) is 11.3 Å². The Labute approximate surface area is 288 Å². The average Bonchev–Trinajstić information content (AvgIpc) is 3.25. The number of hydrogen-bond acceptors (Lipinski definition) is 10. The predicted octanol–water partition coefficient (Wildman–Crippen LogP) is 6.27. The molecular formula is C36H37ClF2N8O2. The van der Waals surface area contributed by atoms with E-state index in [1.807, 2.05) is 24.3 Å². The molecule has 0 saturated carbocycles. The van der Waals surface area contributed by atoms with Gasteiger partial charge >= 0.3 is 0 Å². The van der Waals surface area contributed by atoms with Crippen molar-refractivity contribution < 1.29 is 18.3 Å². The van der Waals surface area contributed by atoms with Crippen molar-refractivity contribution in [1.82, 2.24) is 15.3 Å². The summed E-state index contributed by atoms with van der Waals surface area (Å²) in [6, 6.07) is 16.3. The first-order chi connectivity index (χ1) is 24.0. The maximum atomic E-state index is 14.9. The summed E-state index contributed by atoms with van der Waals surface area (Å²) in [5.74, 6) is 4.56. The molecule has 0 unspecified atom stereocenters. The van der Waals surface area contributed by atoms with E-state index in [4.69, 9.17) is 27.2 Å². The number of aliphatic imine (C=N–C) groups is 2. The van der Waals surface area contributed by atoms with Crippen LogP contribution in [0.25, 0.3) is 11.3 Å². The Hall–Kier alpha value is -4.91. The van der Waals surface area contributed by atoms with Crippen LogP contribution in [-0.4, -0.2) is 66.7 Å². The largest absolute Gasteiger partial charge is 0.381 e. The molecule has 0 amide bonds. The molecule has 0 saturated heterocycles. The fourth-order valence-electron chi connectivity index (χ4n) is 5.23. The van der Waals surface area contributed by atoms with Crippen LogP contribution in [0.2, 0.25) is 5.02 Å². The predicted molar refractivity (Wildman–Crippen MR) is 190 cm³/mol. The van der Waals surface area contributed by atoms with E-state index in [9.17, 15) is 13.6 Å². The van der Waals surface area contributed by atoms with Gasteiger partial charge < -0.3 is 26.0 Å². The number of carbonyl (C=O) groups excluding carboxylic acids is 1. The number of ether oxygens (including phenoxy) is 1. The van der Waals surface area contributed by atoms with Gasteiger partial charge in [-0.05, 0) is 68.6 Å². The highest BCUT2D eigenvalue weighted by Gasteiger charge is 2.25. The van der Waals surface area contributed by atoms with Crippen LogP contribution in [0.5, 0.6) is 0 Å². The van der Waals surface area contributed by atoms with Gasteiger partial charge in [0, 0.05) is 65.1 Å². The molecule has 0 aliphatic carbocycles. The number of unbranched alkanes of at least 4 members (excludes halogenated alkanes) is 2. The van der Waals surface area contributed by atoms with E-state index in [1.165, 1.54) is 18.2 Å². The highest BCUT2D eigenvalue weighted by Crippen LogP contribution is 2.34. The van der Waals surface area contributed by atoms with Gasteiger partial charge in [0.2, 0.25) is 5.95 Å². The first-order valence-electron chi connectivity index (χ1n) is 16.0. The zero-order chi connectivity index (χ0) is 34.4. The maximum absolute atomic E-state index is 14.9. The van der Waals surface area contributed by atoms with Crippen LogP contribution < -0.4 is 16.5 Å². The number of hydrogen-bond donors (Lipinski definition) is 3. The molecule has 1 aliphatic heterocycles. The number of aromatic nitrogens is 2. The molecule has 1 aromatic heterocycles. The highest BCUT2D eigenvalue weighted by atomic mass is 35.5. The van der Waals surface area contributed by atoms with Crippen molar-refractivity contribution in [2.45, 2.75) is 32.2 Å². The summed E-state index contributed by atoms with van der Waals surface area (Å²) in [7, 11) is 0. The molecule has 1 aliphatic rings. The van der Waals surface area contributed by atoms with Gasteiger partial charge in [-0.1, -0.05) is 35.9 Å². The van der Waals surface area contributed by atoms with Gasteiger partial charge in [-0.25, -0.2) is 18.7 Å². The highest BCUT2D eigenvalue weighted by molar-refractivity contribution is 6.38. The monoisotopic (exact) mass is 686 g/mol. The standard InChI is InChI=1S/C36H37ClF2N8O2/c37-26-10-13-28-29(20-26)35(33-30(38)6-5-7-31(33)39)43-21-25-22-44-36(46-34(25)28)45-27-11-8-24(9-12-27)32(47-40)23-42-15-2-4-19-49-18-3-1-14-41-16-17-48/h5-13,17,20,22-23,41H,1-4,14-16,18-19,21,40H2,(H,44,45,46). The third kappa shape index (κ3) is 9.59. The summed E-state index contributed by atoms with van der Waals surface area (Å²) >= 11 is 6.33. The minimum atomic E-state index is -0.715. The van der Waals surface area contributed by atoms with E-state index >= 15 is 0 Å². The Balaban J connectivity index is 1.18. The third-order valence-electron chi connectivity index (χ3n) is 7.70. The van der Waals surface area contributed by atoms with Gasteiger partial charge in [0.05, 0.1) is 30.1 Å². The van der Waals surface area contributed by atoms with Crippen LogP contribution in [0.3, 0.4) is 0 Å². The minimum absolute atomic E-state index is 0.124. The number of halogens is 3. The first-order valence-corrected chi connectivity index (χ1v) is 16.4. The Kier molecular flexibility index (Phi) is 13.0. The normalized spacial score (nSPS) is 12.7. The first kappa shape index (κ1) is 35.4. The molecule has 3 aromatic carbocycles. The van der Waals surface area contributed by atoms with Crippen LogP contribution in [0.4, 0.5) is 20.4 Å². The molecule has 0 fully saturated rings. The fourth-order valence-corrected chi connectivity index (χ4v) is 5.41. The van der Waals surface area contributed by atoms with Crippen molar-refractivity contribution in [1.29, 1.82) is 0 Å². The second-order valence-electron chi connectivity index (χ2n) is 11.2. The molecule has 0 bridgehead atoms. The van der Waals surface area contributed by atoms with Crippen LogP contribution in [0, 0.1) is 11.6 Å². The van der Waals surface area contributed by atoms with Gasteiger partial charge in [0.1, 0.15) is 23.6 Å². The Morgan fingerprint density at radius 1 is 1.00 bits per heavy atom. The molecule has 0 radical (unpaired) electrons. The summed E-state index contributed by atoms with van der Waals surface area (Å²) in [6.07, 6.45) is 7.89. The van der Waals surface area contributed by atoms with E-state index in [-0.39, 0.29) is 17.8 Å². The second-order valence-corrected chi connectivity index (χ2v) is 11.6. The summed E-state index contributed by atoms with van der Waals surface area (Å²) in [4.78, 5) is 28.6. The zero-order valence-corrected chi connectivity index (χ0v) is 27.6. The minimum Gasteiger partial charge on any atom is -0.381 e. The van der Waals surface area contributed by atoms with Crippen molar-refractivity contribution in [2.24, 2.45) is 20.9 Å². The lowest BCUT2D eigenvalue weighted by molar-refractivity contribution is -0.107. The molecule has 49 heavy (non-hydrogen) atoms. The number of hydrazone groups is 1. The van der Waals surface area contributed by atoms with Gasteiger partial charge in [-0.15, -0.1) is 0 Å². The number of fused-ring (bicyclic) bond motifs is 3. The molecule has 4 aromatic rings. The van der Waals surface area contributed by atoms with E-state index in [1.54, 1.807) is 30.6 Å². The summed E-state index contributed by atoms with van der Waals surface area (Å²) < 4.78 is 35.4. The SMILES string of the molecule is NN=C(C=NCCCCOCCCCNCC=O)c1ccc(Nc2ncc3c(n2)-c2ccc(Cl)cc2C(c2c(F)cccc2F)=NC3)cc1. The Bertz CT molecular complexity index is 1810. The molecule has 13 heteroatoms. The molecule has 10 nitrogen and oxygen atoms in total. The number of benzene rings is 3. The molecule has 2 heterocycles. The number of nitrogens with zero attached hydrogens (tertiary/aromatic N) is 5. The van der Waals surface area contributed by atoms with Gasteiger partial charge in [-0.2, -0.15) is 5.10 Å². The van der Waals surface area contributed by atoms with Crippen LogP contribution in [0.1, 0.15) is 47.9 Å². The average molecular weight is 687 g/mol. The number of nitrogens with one attached hydrogen (secondary N) is 2. The summed E-state index contributed by atoms with van der Waals surface area (Å²) in [5, 5.41) is 10.5. The van der Waals surface area contributed by atoms with Gasteiger partial charge in [-0.3, -0.25) is 9.98 Å². The van der Waals surface area contributed by atoms with E-state index in [2.05, 4.69) is 30.7 Å². The number of carbonyl (C=O) groups is 1. The second kappa shape index (κ2) is 18.0. The van der Waals surface area contributed by atoms with E-state index in [0.29, 0.717) is 65.4 Å². The maximum Gasteiger partial charge on any atom is 0.227 e. The third-order valence-corrected chi connectivity index (χ3v) is 7.93. The number of rotatable bonds is 17. The lowest BCUT2D eigenvalue weighted by atomic mass is 9.95. The molecule has 254 valence electrons. The van der Waals surface area contributed by atoms with Crippen molar-refractivity contribution in [2.75, 3.05) is 38.2 Å². The van der Waals surface area contributed by atoms with Crippen LogP contribution >= 0.6 is 11.6 Å². The molecule has 0 atom stereocenters. The lowest BCUT2D eigenvalue weighted by Gasteiger charge is -2.13. The van der Waals surface area contributed by atoms with E-state index < -0.39 is 11.6 Å². The van der Waals surface area contributed by atoms with Crippen molar-refractivity contribution in [3.05, 3.63) is 106 Å². The molecule has 0 spiro atoms. The smallest absolute Gasteiger partial charge is 0.227 e. The lowest BCUT2D eigenvalue weighted by Crippen LogP contribution is -2.17. The molecule has 4 N–H and O–H groups in total. The number of nitrogens with two attached hydrogens (primary N) is 1. The fraction of sp³-hybridized carbons (Fsp3) is 0.278. The Morgan fingerprint density at radius 2 is 1.78 bits per heavy atom. The van der Waals surface area contributed by atoms with Gasteiger partial charge in [0.15, 0.2) is 0 Å². The van der Waals surface area contributed by atoms with Crippen LogP contribution in [-0.2, 0) is 16.1 Å². The van der Waals surface area contributed by atoms with Crippen molar-refractivity contribution in [3.63, 3.8) is 0 Å². The zero-order valence-electron chi connectivity index (χ0n) is 26.8. The quantitative estimate of drug-likeness (QED) is 0.0391. The van der Waals surface area contributed by atoms with Crippen LogP contribution in [0.15, 0.2) is 81.9 Å². The Morgan fingerprint density at radius 3 is 2.53 bits per heavy atom. The summed E-state index contributed by atoms with van der Waals surface area (Å²) in [6.45, 7) is 3.35.